The van der Waals surface area contributed by atoms with Gasteiger partial charge in [0.25, 0.3) is 0 Å². The van der Waals surface area contributed by atoms with E-state index in [1.807, 2.05) is 26.0 Å². The summed E-state index contributed by atoms with van der Waals surface area (Å²) in [4.78, 5) is 23.7. The average molecular weight is 264 g/mol. The monoisotopic (exact) mass is 264 g/mol. The smallest absolute Gasteiger partial charge is 0.325 e. The van der Waals surface area contributed by atoms with Crippen molar-refractivity contribution in [2.75, 3.05) is 6.61 Å². The number of benzene rings is 1. The summed E-state index contributed by atoms with van der Waals surface area (Å²) in [6.45, 7) is 5.83. The number of carbonyl (C=O) groups is 2. The van der Waals surface area contributed by atoms with Crippen LogP contribution in [0.4, 0.5) is 0 Å². The Hall–Kier alpha value is -1.84. The van der Waals surface area contributed by atoms with Crippen LogP contribution in [0.15, 0.2) is 24.3 Å². The zero-order chi connectivity index (χ0) is 14.3. The third kappa shape index (κ3) is 4.73. The van der Waals surface area contributed by atoms with Gasteiger partial charge in [-0.3, -0.25) is 9.59 Å². The Balaban J connectivity index is 2.71. The van der Waals surface area contributed by atoms with Crippen molar-refractivity contribution in [3.05, 3.63) is 29.8 Å². The number of rotatable bonds is 6. The Labute approximate surface area is 113 Å². The van der Waals surface area contributed by atoms with Crippen LogP contribution in [0, 0.1) is 12.8 Å². The molecular weight excluding hydrogens is 244 g/mol. The van der Waals surface area contributed by atoms with Crippen LogP contribution in [-0.4, -0.2) is 18.5 Å². The molecule has 0 aliphatic rings. The molecule has 0 aliphatic heterocycles. The molecule has 0 fully saturated rings. The van der Waals surface area contributed by atoms with Gasteiger partial charge in [-0.05, 0) is 32.4 Å². The van der Waals surface area contributed by atoms with E-state index in [2.05, 4.69) is 0 Å². The quantitative estimate of drug-likeness (QED) is 0.450. The standard InChI is InChI=1S/C15H20O4/c1-4-6-13(14(16)18-5-2)15(17)19-12-9-7-11(3)8-10-12/h7-10,13H,4-6H2,1-3H3. The van der Waals surface area contributed by atoms with Crippen LogP contribution in [0.1, 0.15) is 32.3 Å². The maximum absolute atomic E-state index is 12.0. The van der Waals surface area contributed by atoms with Crippen molar-refractivity contribution in [2.24, 2.45) is 5.92 Å². The van der Waals surface area contributed by atoms with Crippen molar-refractivity contribution in [1.29, 1.82) is 0 Å². The van der Waals surface area contributed by atoms with Crippen molar-refractivity contribution in [3.63, 3.8) is 0 Å². The molecule has 0 saturated heterocycles. The molecule has 1 unspecified atom stereocenters. The van der Waals surface area contributed by atoms with E-state index in [0.717, 1.165) is 5.56 Å². The fourth-order valence-corrected chi connectivity index (χ4v) is 1.66. The summed E-state index contributed by atoms with van der Waals surface area (Å²) >= 11 is 0. The molecular formula is C15H20O4. The van der Waals surface area contributed by atoms with E-state index in [1.165, 1.54) is 0 Å². The van der Waals surface area contributed by atoms with E-state index < -0.39 is 17.9 Å². The van der Waals surface area contributed by atoms with E-state index in [1.54, 1.807) is 19.1 Å². The first kappa shape index (κ1) is 15.2. The Morgan fingerprint density at radius 2 is 1.74 bits per heavy atom. The molecule has 4 heteroatoms. The second-order valence-corrected chi connectivity index (χ2v) is 4.33. The predicted octanol–water partition coefficient (Wildman–Crippen LogP) is 2.88. The molecule has 1 aromatic carbocycles. The largest absolute Gasteiger partial charge is 0.465 e. The van der Waals surface area contributed by atoms with Crippen LogP contribution in [0.2, 0.25) is 0 Å². The maximum atomic E-state index is 12.0. The van der Waals surface area contributed by atoms with Crippen LogP contribution in [0.5, 0.6) is 5.75 Å². The molecule has 0 aromatic heterocycles. The third-order valence-corrected chi connectivity index (χ3v) is 2.67. The Bertz CT molecular complexity index is 422. The van der Waals surface area contributed by atoms with Gasteiger partial charge in [0.1, 0.15) is 5.75 Å². The summed E-state index contributed by atoms with van der Waals surface area (Å²) in [6, 6.07) is 7.12. The van der Waals surface area contributed by atoms with Crippen molar-refractivity contribution < 1.29 is 19.1 Å². The summed E-state index contributed by atoms with van der Waals surface area (Å²) < 4.78 is 10.1. The van der Waals surface area contributed by atoms with Crippen LogP contribution in [0.25, 0.3) is 0 Å². The average Bonchev–Trinajstić information content (AvgIpc) is 2.38. The van der Waals surface area contributed by atoms with Crippen LogP contribution in [-0.2, 0) is 14.3 Å². The molecule has 19 heavy (non-hydrogen) atoms. The molecule has 1 aromatic rings. The number of aryl methyl sites for hydroxylation is 1. The molecule has 0 aliphatic carbocycles. The SMILES string of the molecule is CCCC(C(=O)OCC)C(=O)Oc1ccc(C)cc1. The lowest BCUT2D eigenvalue weighted by atomic mass is 10.0. The molecule has 0 saturated carbocycles. The van der Waals surface area contributed by atoms with Gasteiger partial charge in [-0.2, -0.15) is 0 Å². The van der Waals surface area contributed by atoms with Gasteiger partial charge in [-0.25, -0.2) is 0 Å². The highest BCUT2D eigenvalue weighted by Crippen LogP contribution is 2.16. The number of ether oxygens (including phenoxy) is 2. The normalized spacial score (nSPS) is 11.7. The summed E-state index contributed by atoms with van der Waals surface area (Å²) in [5, 5.41) is 0. The molecule has 0 heterocycles. The first-order chi connectivity index (χ1) is 9.08. The molecule has 104 valence electrons. The molecule has 4 nitrogen and oxygen atoms in total. The summed E-state index contributed by atoms with van der Waals surface area (Å²) in [5.41, 5.74) is 1.08. The van der Waals surface area contributed by atoms with E-state index in [-0.39, 0.29) is 6.61 Å². The van der Waals surface area contributed by atoms with Gasteiger partial charge < -0.3 is 9.47 Å². The second-order valence-electron chi connectivity index (χ2n) is 4.33. The highest BCUT2D eigenvalue weighted by atomic mass is 16.6. The molecule has 0 amide bonds. The Morgan fingerprint density at radius 1 is 1.11 bits per heavy atom. The molecule has 1 atom stereocenters. The van der Waals surface area contributed by atoms with Crippen LogP contribution >= 0.6 is 0 Å². The van der Waals surface area contributed by atoms with E-state index >= 15 is 0 Å². The minimum Gasteiger partial charge on any atom is -0.465 e. The van der Waals surface area contributed by atoms with Gasteiger partial charge in [0.15, 0.2) is 5.92 Å². The lowest BCUT2D eigenvalue weighted by molar-refractivity contribution is -0.157. The van der Waals surface area contributed by atoms with E-state index in [9.17, 15) is 9.59 Å². The predicted molar refractivity (Wildman–Crippen MR) is 71.8 cm³/mol. The van der Waals surface area contributed by atoms with Crippen molar-refractivity contribution in [2.45, 2.75) is 33.6 Å². The van der Waals surface area contributed by atoms with E-state index in [0.29, 0.717) is 18.6 Å². The highest BCUT2D eigenvalue weighted by Gasteiger charge is 2.29. The second kappa shape index (κ2) is 7.56. The first-order valence-electron chi connectivity index (χ1n) is 6.53. The van der Waals surface area contributed by atoms with Gasteiger partial charge in [0, 0.05) is 0 Å². The van der Waals surface area contributed by atoms with Gasteiger partial charge in [-0.1, -0.05) is 31.0 Å². The van der Waals surface area contributed by atoms with E-state index in [4.69, 9.17) is 9.47 Å². The topological polar surface area (TPSA) is 52.6 Å². The molecule has 0 radical (unpaired) electrons. The van der Waals surface area contributed by atoms with Gasteiger partial charge in [-0.15, -0.1) is 0 Å². The van der Waals surface area contributed by atoms with Gasteiger partial charge in [0.05, 0.1) is 6.61 Å². The lowest BCUT2D eigenvalue weighted by Gasteiger charge is -2.13. The van der Waals surface area contributed by atoms with Crippen molar-refractivity contribution in [1.82, 2.24) is 0 Å². The minimum atomic E-state index is -0.841. The third-order valence-electron chi connectivity index (χ3n) is 2.67. The summed E-state index contributed by atoms with van der Waals surface area (Å²) in [7, 11) is 0. The van der Waals surface area contributed by atoms with Crippen molar-refractivity contribution >= 4 is 11.9 Å². The minimum absolute atomic E-state index is 0.261. The van der Waals surface area contributed by atoms with Gasteiger partial charge >= 0.3 is 11.9 Å². The molecule has 0 spiro atoms. The molecule has 0 bridgehead atoms. The molecule has 1 rings (SSSR count). The van der Waals surface area contributed by atoms with Crippen molar-refractivity contribution in [3.8, 4) is 5.75 Å². The zero-order valence-electron chi connectivity index (χ0n) is 11.6. The van der Waals surface area contributed by atoms with Crippen LogP contribution < -0.4 is 4.74 Å². The summed E-state index contributed by atoms with van der Waals surface area (Å²) in [5.74, 6) is -1.46. The van der Waals surface area contributed by atoms with Crippen LogP contribution in [0.3, 0.4) is 0 Å². The number of hydrogen-bond acceptors (Lipinski definition) is 4. The molecule has 0 N–H and O–H groups in total. The van der Waals surface area contributed by atoms with Gasteiger partial charge in [0.2, 0.25) is 0 Å². The lowest BCUT2D eigenvalue weighted by Crippen LogP contribution is -2.29. The number of carbonyl (C=O) groups excluding carboxylic acids is 2. The number of esters is 2. The zero-order valence-corrected chi connectivity index (χ0v) is 11.6. The maximum Gasteiger partial charge on any atom is 0.325 e. The number of hydrogen-bond donors (Lipinski definition) is 0. The summed E-state index contributed by atoms with van der Waals surface area (Å²) in [6.07, 6.45) is 1.15. The Kier molecular flexibility index (Phi) is 6.06. The fourth-order valence-electron chi connectivity index (χ4n) is 1.66. The Morgan fingerprint density at radius 3 is 2.26 bits per heavy atom. The first-order valence-corrected chi connectivity index (χ1v) is 6.53. The fraction of sp³-hybridized carbons (Fsp3) is 0.467. The highest BCUT2D eigenvalue weighted by molar-refractivity contribution is 5.95.